The average molecular weight is 191 g/mol. The van der Waals surface area contributed by atoms with Crippen molar-refractivity contribution in [2.24, 2.45) is 5.73 Å². The van der Waals surface area contributed by atoms with Crippen LogP contribution in [0.25, 0.3) is 0 Å². The van der Waals surface area contributed by atoms with Crippen molar-refractivity contribution < 1.29 is 9.90 Å². The number of nitrogens with two attached hydrogens (primary N) is 1. The van der Waals surface area contributed by atoms with Gasteiger partial charge < -0.3 is 10.8 Å². The Hall–Kier alpha value is -1.35. The number of aromatic hydroxyl groups is 1. The lowest BCUT2D eigenvalue weighted by molar-refractivity contribution is 0.111. The quantitative estimate of drug-likeness (QED) is 0.697. The van der Waals surface area contributed by atoms with E-state index in [9.17, 15) is 9.90 Å². The molecule has 1 saturated carbocycles. The fraction of sp³-hybridized carbons (Fsp3) is 0.364. The third-order valence-electron chi connectivity index (χ3n) is 2.95. The molecule has 3 N–H and O–H groups in total. The molecule has 1 aromatic rings. The number of aldehydes is 1. The summed E-state index contributed by atoms with van der Waals surface area (Å²) < 4.78 is 0. The maximum absolute atomic E-state index is 10.8. The molecule has 1 aliphatic carbocycles. The molecular weight excluding hydrogens is 178 g/mol. The Kier molecular flexibility index (Phi) is 2.04. The monoisotopic (exact) mass is 191 g/mol. The predicted octanol–water partition coefficient (Wildman–Crippen LogP) is 1.54. The van der Waals surface area contributed by atoms with Crippen molar-refractivity contribution in [3.05, 3.63) is 29.3 Å². The summed E-state index contributed by atoms with van der Waals surface area (Å²) in [6.07, 6.45) is 3.65. The van der Waals surface area contributed by atoms with Gasteiger partial charge in [-0.05, 0) is 43.0 Å². The van der Waals surface area contributed by atoms with Gasteiger partial charge in [-0.25, -0.2) is 0 Å². The molecule has 0 heterocycles. The van der Waals surface area contributed by atoms with Crippen molar-refractivity contribution in [3.8, 4) is 5.75 Å². The fourth-order valence-corrected chi connectivity index (χ4v) is 1.91. The number of benzene rings is 1. The summed E-state index contributed by atoms with van der Waals surface area (Å²) in [6.45, 7) is 0. The summed E-state index contributed by atoms with van der Waals surface area (Å²) >= 11 is 0. The second-order valence-corrected chi connectivity index (χ2v) is 3.90. The lowest BCUT2D eigenvalue weighted by Crippen LogP contribution is -2.44. The smallest absolute Gasteiger partial charge is 0.150 e. The van der Waals surface area contributed by atoms with Crippen LogP contribution in [0, 0.1) is 0 Å². The third kappa shape index (κ3) is 1.30. The minimum absolute atomic E-state index is 0.169. The lowest BCUT2D eigenvalue weighted by Gasteiger charge is -2.39. The first kappa shape index (κ1) is 9.21. The van der Waals surface area contributed by atoms with Crippen LogP contribution < -0.4 is 5.73 Å². The highest BCUT2D eigenvalue weighted by Crippen LogP contribution is 2.40. The van der Waals surface area contributed by atoms with E-state index >= 15 is 0 Å². The molecule has 0 atom stereocenters. The van der Waals surface area contributed by atoms with Crippen molar-refractivity contribution in [2.45, 2.75) is 24.8 Å². The van der Waals surface area contributed by atoms with Crippen LogP contribution in [0.5, 0.6) is 5.75 Å². The molecule has 2 rings (SSSR count). The van der Waals surface area contributed by atoms with Gasteiger partial charge in [0, 0.05) is 11.1 Å². The van der Waals surface area contributed by atoms with E-state index in [1.165, 1.54) is 6.07 Å². The van der Waals surface area contributed by atoms with Crippen LogP contribution >= 0.6 is 0 Å². The number of carbonyl (C=O) groups is 1. The van der Waals surface area contributed by atoms with E-state index in [0.717, 1.165) is 31.1 Å². The van der Waals surface area contributed by atoms with E-state index in [1.807, 2.05) is 0 Å². The molecule has 0 aromatic heterocycles. The van der Waals surface area contributed by atoms with Gasteiger partial charge in [0.1, 0.15) is 12.0 Å². The van der Waals surface area contributed by atoms with E-state index < -0.39 is 5.54 Å². The molecule has 3 nitrogen and oxygen atoms in total. The maximum atomic E-state index is 10.8. The lowest BCUT2D eigenvalue weighted by atomic mass is 9.71. The standard InChI is InChI=1S/C11H13NO2/c12-11(4-1-5-11)10-6-9(14)3-2-8(10)7-13/h2-3,6-7,14H,1,4-5,12H2. The molecule has 1 aromatic carbocycles. The molecule has 1 fully saturated rings. The highest BCUT2D eigenvalue weighted by atomic mass is 16.3. The molecule has 0 saturated heterocycles. The summed E-state index contributed by atoms with van der Waals surface area (Å²) in [5, 5.41) is 9.34. The molecule has 0 amide bonds. The Morgan fingerprint density at radius 2 is 2.14 bits per heavy atom. The van der Waals surface area contributed by atoms with E-state index in [4.69, 9.17) is 5.73 Å². The zero-order valence-electron chi connectivity index (χ0n) is 7.86. The van der Waals surface area contributed by atoms with Crippen molar-refractivity contribution in [3.63, 3.8) is 0 Å². The van der Waals surface area contributed by atoms with Gasteiger partial charge in [0.15, 0.2) is 0 Å². The fourth-order valence-electron chi connectivity index (χ4n) is 1.91. The van der Waals surface area contributed by atoms with Gasteiger partial charge in [0.2, 0.25) is 0 Å². The molecule has 3 heteroatoms. The van der Waals surface area contributed by atoms with Crippen LogP contribution in [0.2, 0.25) is 0 Å². The SMILES string of the molecule is NC1(c2cc(O)ccc2C=O)CCC1. The van der Waals surface area contributed by atoms with E-state index in [0.29, 0.717) is 5.56 Å². The van der Waals surface area contributed by atoms with Gasteiger partial charge in [-0.3, -0.25) is 4.79 Å². The summed E-state index contributed by atoms with van der Waals surface area (Å²) in [7, 11) is 0. The van der Waals surface area contributed by atoms with Gasteiger partial charge in [-0.1, -0.05) is 0 Å². The van der Waals surface area contributed by atoms with Crippen LogP contribution in [-0.4, -0.2) is 11.4 Å². The molecule has 0 unspecified atom stereocenters. The topological polar surface area (TPSA) is 63.3 Å². The summed E-state index contributed by atoms with van der Waals surface area (Å²) in [5.41, 5.74) is 7.07. The highest BCUT2D eigenvalue weighted by molar-refractivity contribution is 5.78. The first-order valence-electron chi connectivity index (χ1n) is 4.73. The van der Waals surface area contributed by atoms with Gasteiger partial charge in [0.05, 0.1) is 0 Å². The van der Waals surface area contributed by atoms with E-state index in [1.54, 1.807) is 12.1 Å². The molecule has 0 aliphatic heterocycles. The Morgan fingerprint density at radius 1 is 1.43 bits per heavy atom. The summed E-state index contributed by atoms with van der Waals surface area (Å²) in [5.74, 6) is 0.169. The molecule has 14 heavy (non-hydrogen) atoms. The van der Waals surface area contributed by atoms with Crippen molar-refractivity contribution >= 4 is 6.29 Å². The average Bonchev–Trinajstić information content (AvgIpc) is 2.14. The number of phenols is 1. The molecule has 0 radical (unpaired) electrons. The first-order chi connectivity index (χ1) is 6.65. The van der Waals surface area contributed by atoms with Crippen LogP contribution in [-0.2, 0) is 5.54 Å². The zero-order valence-corrected chi connectivity index (χ0v) is 7.86. The number of hydrogen-bond acceptors (Lipinski definition) is 3. The van der Waals surface area contributed by atoms with Crippen LogP contribution in [0.1, 0.15) is 35.2 Å². The van der Waals surface area contributed by atoms with Crippen molar-refractivity contribution in [1.29, 1.82) is 0 Å². The highest BCUT2D eigenvalue weighted by Gasteiger charge is 2.36. The Labute approximate surface area is 82.5 Å². The minimum Gasteiger partial charge on any atom is -0.508 e. The second-order valence-electron chi connectivity index (χ2n) is 3.90. The Morgan fingerprint density at radius 3 is 2.64 bits per heavy atom. The first-order valence-corrected chi connectivity index (χ1v) is 4.73. The largest absolute Gasteiger partial charge is 0.508 e. The van der Waals surface area contributed by atoms with Gasteiger partial charge in [-0.15, -0.1) is 0 Å². The Bertz CT molecular complexity index is 370. The number of hydrogen-bond donors (Lipinski definition) is 2. The summed E-state index contributed by atoms with van der Waals surface area (Å²) in [6, 6.07) is 4.72. The molecule has 0 bridgehead atoms. The van der Waals surface area contributed by atoms with E-state index in [2.05, 4.69) is 0 Å². The number of carbonyl (C=O) groups excluding carboxylic acids is 1. The predicted molar refractivity (Wildman–Crippen MR) is 53.2 cm³/mol. The van der Waals surface area contributed by atoms with Gasteiger partial charge in [0.25, 0.3) is 0 Å². The van der Waals surface area contributed by atoms with Crippen molar-refractivity contribution in [2.75, 3.05) is 0 Å². The number of phenolic OH excluding ortho intramolecular Hbond substituents is 1. The molecule has 74 valence electrons. The zero-order chi connectivity index (χ0) is 10.2. The number of rotatable bonds is 2. The normalized spacial score (nSPS) is 18.6. The van der Waals surface area contributed by atoms with Crippen LogP contribution in [0.4, 0.5) is 0 Å². The molecular formula is C11H13NO2. The third-order valence-corrected chi connectivity index (χ3v) is 2.95. The molecule has 0 spiro atoms. The van der Waals surface area contributed by atoms with Gasteiger partial charge in [-0.2, -0.15) is 0 Å². The minimum atomic E-state index is -0.394. The molecule has 1 aliphatic rings. The second kappa shape index (κ2) is 3.10. The Balaban J connectivity index is 2.49. The van der Waals surface area contributed by atoms with E-state index in [-0.39, 0.29) is 5.75 Å². The van der Waals surface area contributed by atoms with Crippen LogP contribution in [0.15, 0.2) is 18.2 Å². The van der Waals surface area contributed by atoms with Crippen molar-refractivity contribution in [1.82, 2.24) is 0 Å². The summed E-state index contributed by atoms with van der Waals surface area (Å²) in [4.78, 5) is 10.8. The maximum Gasteiger partial charge on any atom is 0.150 e. The van der Waals surface area contributed by atoms with Gasteiger partial charge >= 0.3 is 0 Å². The van der Waals surface area contributed by atoms with Crippen LogP contribution in [0.3, 0.4) is 0 Å².